The largest absolute Gasteiger partial charge is 0.337 e. The van der Waals surface area contributed by atoms with E-state index >= 15 is 0 Å². The number of benzene rings is 1. The first kappa shape index (κ1) is 18.1. The van der Waals surface area contributed by atoms with Crippen molar-refractivity contribution in [2.75, 3.05) is 21.1 Å². The molecule has 24 heavy (non-hydrogen) atoms. The maximum atomic E-state index is 12.6. The summed E-state index contributed by atoms with van der Waals surface area (Å²) in [6.07, 6.45) is 3.37. The number of carbonyl (C=O) groups excluding carboxylic acids is 1. The Morgan fingerprint density at radius 3 is 2.46 bits per heavy atom. The van der Waals surface area contributed by atoms with Crippen LogP contribution in [0.1, 0.15) is 21.5 Å². The maximum absolute atomic E-state index is 12.6. The van der Waals surface area contributed by atoms with Gasteiger partial charge in [0.15, 0.2) is 0 Å². The van der Waals surface area contributed by atoms with Gasteiger partial charge in [0, 0.05) is 45.6 Å². The SMILES string of the molecule is Cc1ccc(C(=O)N(C)Cc2cccnc2)cc1S(=O)(=O)N(C)C. The summed E-state index contributed by atoms with van der Waals surface area (Å²) in [5, 5.41) is 0. The van der Waals surface area contributed by atoms with E-state index in [2.05, 4.69) is 4.98 Å². The molecule has 1 aromatic heterocycles. The normalized spacial score (nSPS) is 11.5. The Morgan fingerprint density at radius 1 is 1.17 bits per heavy atom. The Kier molecular flexibility index (Phi) is 5.36. The third kappa shape index (κ3) is 3.80. The molecular formula is C17H21N3O3S. The third-order valence-corrected chi connectivity index (χ3v) is 5.64. The lowest BCUT2D eigenvalue weighted by atomic mass is 10.1. The summed E-state index contributed by atoms with van der Waals surface area (Å²) in [4.78, 5) is 18.3. The minimum atomic E-state index is -3.60. The van der Waals surface area contributed by atoms with E-state index in [-0.39, 0.29) is 10.8 Å². The van der Waals surface area contributed by atoms with Crippen molar-refractivity contribution in [2.24, 2.45) is 0 Å². The van der Waals surface area contributed by atoms with Crippen LogP contribution in [0.3, 0.4) is 0 Å². The van der Waals surface area contributed by atoms with Gasteiger partial charge < -0.3 is 4.90 Å². The fraction of sp³-hybridized carbons (Fsp3) is 0.294. The lowest BCUT2D eigenvalue weighted by Gasteiger charge is -2.19. The third-order valence-electron chi connectivity index (χ3n) is 3.68. The van der Waals surface area contributed by atoms with Gasteiger partial charge in [-0.15, -0.1) is 0 Å². The highest BCUT2D eigenvalue weighted by molar-refractivity contribution is 7.89. The summed E-state index contributed by atoms with van der Waals surface area (Å²) < 4.78 is 25.9. The lowest BCUT2D eigenvalue weighted by Crippen LogP contribution is -2.27. The molecule has 0 atom stereocenters. The van der Waals surface area contributed by atoms with Crippen LogP contribution in [0.15, 0.2) is 47.6 Å². The zero-order valence-corrected chi connectivity index (χ0v) is 15.0. The van der Waals surface area contributed by atoms with Gasteiger partial charge in [-0.3, -0.25) is 9.78 Å². The predicted molar refractivity (Wildman–Crippen MR) is 92.1 cm³/mol. The highest BCUT2D eigenvalue weighted by Crippen LogP contribution is 2.21. The number of aromatic nitrogens is 1. The average molecular weight is 347 g/mol. The Morgan fingerprint density at radius 2 is 1.88 bits per heavy atom. The second-order valence-corrected chi connectivity index (χ2v) is 7.91. The van der Waals surface area contributed by atoms with Crippen LogP contribution < -0.4 is 0 Å². The van der Waals surface area contributed by atoms with Crippen LogP contribution in [-0.4, -0.2) is 49.7 Å². The average Bonchev–Trinajstić information content (AvgIpc) is 2.55. The monoisotopic (exact) mass is 347 g/mol. The number of amides is 1. The van der Waals surface area contributed by atoms with Crippen molar-refractivity contribution in [3.8, 4) is 0 Å². The van der Waals surface area contributed by atoms with Crippen molar-refractivity contribution in [1.29, 1.82) is 0 Å². The van der Waals surface area contributed by atoms with Crippen molar-refractivity contribution in [3.05, 3.63) is 59.4 Å². The van der Waals surface area contributed by atoms with Gasteiger partial charge in [0.2, 0.25) is 10.0 Å². The number of hydrogen-bond acceptors (Lipinski definition) is 4. The fourth-order valence-corrected chi connectivity index (χ4v) is 3.41. The molecule has 2 rings (SSSR count). The molecule has 1 heterocycles. The zero-order valence-electron chi connectivity index (χ0n) is 14.2. The molecule has 0 N–H and O–H groups in total. The van der Waals surface area contributed by atoms with Gasteiger partial charge in [-0.05, 0) is 36.2 Å². The van der Waals surface area contributed by atoms with Crippen molar-refractivity contribution in [3.63, 3.8) is 0 Å². The van der Waals surface area contributed by atoms with Gasteiger partial charge in [-0.25, -0.2) is 12.7 Å². The molecule has 0 unspecified atom stereocenters. The van der Waals surface area contributed by atoms with Gasteiger partial charge in [0.05, 0.1) is 4.90 Å². The van der Waals surface area contributed by atoms with Gasteiger partial charge in [-0.2, -0.15) is 0 Å². The molecule has 1 aromatic carbocycles. The topological polar surface area (TPSA) is 70.6 Å². The van der Waals surface area contributed by atoms with Gasteiger partial charge >= 0.3 is 0 Å². The molecule has 0 aliphatic rings. The van der Waals surface area contributed by atoms with E-state index in [1.54, 1.807) is 44.6 Å². The van der Waals surface area contributed by atoms with Crippen LogP contribution >= 0.6 is 0 Å². The second kappa shape index (κ2) is 7.11. The first-order valence-corrected chi connectivity index (χ1v) is 8.85. The molecule has 0 radical (unpaired) electrons. The molecule has 2 aromatic rings. The number of pyridine rings is 1. The van der Waals surface area contributed by atoms with E-state index < -0.39 is 10.0 Å². The van der Waals surface area contributed by atoms with E-state index in [1.165, 1.54) is 25.1 Å². The number of hydrogen-bond donors (Lipinski definition) is 0. The zero-order chi connectivity index (χ0) is 17.9. The highest BCUT2D eigenvalue weighted by Gasteiger charge is 2.22. The van der Waals surface area contributed by atoms with Crippen LogP contribution in [0.25, 0.3) is 0 Å². The minimum Gasteiger partial charge on any atom is -0.337 e. The summed E-state index contributed by atoms with van der Waals surface area (Å²) >= 11 is 0. The van der Waals surface area contributed by atoms with E-state index in [0.717, 1.165) is 9.87 Å². The quantitative estimate of drug-likeness (QED) is 0.828. The number of carbonyl (C=O) groups is 1. The summed E-state index contributed by atoms with van der Waals surface area (Å²) in [5.74, 6) is -0.242. The molecule has 128 valence electrons. The van der Waals surface area contributed by atoms with Gasteiger partial charge in [-0.1, -0.05) is 12.1 Å². The molecule has 6 nitrogen and oxygen atoms in total. The smallest absolute Gasteiger partial charge is 0.253 e. The number of aryl methyl sites for hydroxylation is 1. The van der Waals surface area contributed by atoms with E-state index in [9.17, 15) is 13.2 Å². The molecule has 7 heteroatoms. The molecule has 0 saturated carbocycles. The summed E-state index contributed by atoms with van der Waals surface area (Å²) in [5.41, 5.74) is 1.85. The lowest BCUT2D eigenvalue weighted by molar-refractivity contribution is 0.0784. The van der Waals surface area contributed by atoms with Crippen molar-refractivity contribution in [2.45, 2.75) is 18.4 Å². The Balaban J connectivity index is 2.30. The van der Waals surface area contributed by atoms with Crippen LogP contribution in [0.2, 0.25) is 0 Å². The molecular weight excluding hydrogens is 326 g/mol. The Labute approximate surface area is 142 Å². The number of rotatable bonds is 5. The van der Waals surface area contributed by atoms with Crippen molar-refractivity contribution < 1.29 is 13.2 Å². The number of sulfonamides is 1. The van der Waals surface area contributed by atoms with E-state index in [0.29, 0.717) is 17.7 Å². The molecule has 0 bridgehead atoms. The van der Waals surface area contributed by atoms with Crippen molar-refractivity contribution >= 4 is 15.9 Å². The van der Waals surface area contributed by atoms with Gasteiger partial charge in [0.1, 0.15) is 0 Å². The molecule has 0 fully saturated rings. The minimum absolute atomic E-state index is 0.146. The molecule has 0 spiro atoms. The summed E-state index contributed by atoms with van der Waals surface area (Å²) in [7, 11) is 1.02. The molecule has 0 aliphatic heterocycles. The highest BCUT2D eigenvalue weighted by atomic mass is 32.2. The first-order valence-electron chi connectivity index (χ1n) is 7.41. The van der Waals surface area contributed by atoms with Crippen LogP contribution in [0.5, 0.6) is 0 Å². The molecule has 0 saturated heterocycles. The fourth-order valence-electron chi connectivity index (χ4n) is 2.27. The predicted octanol–water partition coefficient (Wildman–Crippen LogP) is 1.91. The second-order valence-electron chi connectivity index (χ2n) is 5.79. The van der Waals surface area contributed by atoms with E-state index in [4.69, 9.17) is 0 Å². The molecule has 0 aliphatic carbocycles. The Bertz CT molecular complexity index is 833. The first-order chi connectivity index (χ1) is 11.2. The number of nitrogens with zero attached hydrogens (tertiary/aromatic N) is 3. The van der Waals surface area contributed by atoms with Crippen LogP contribution in [-0.2, 0) is 16.6 Å². The molecule has 1 amide bonds. The van der Waals surface area contributed by atoms with E-state index in [1.807, 2.05) is 6.07 Å². The van der Waals surface area contributed by atoms with Gasteiger partial charge in [0.25, 0.3) is 5.91 Å². The summed E-state index contributed by atoms with van der Waals surface area (Å²) in [6.45, 7) is 2.11. The summed E-state index contributed by atoms with van der Waals surface area (Å²) in [6, 6.07) is 8.43. The van der Waals surface area contributed by atoms with Crippen molar-refractivity contribution in [1.82, 2.24) is 14.2 Å². The Hall–Kier alpha value is -2.25. The van der Waals surface area contributed by atoms with Crippen LogP contribution in [0, 0.1) is 6.92 Å². The van der Waals surface area contributed by atoms with Crippen LogP contribution in [0.4, 0.5) is 0 Å². The maximum Gasteiger partial charge on any atom is 0.253 e. The standard InChI is InChI=1S/C17H21N3O3S/c1-13-7-8-15(10-16(13)24(22,23)19(2)3)17(21)20(4)12-14-6-5-9-18-11-14/h5-11H,12H2,1-4H3.